The number of hydrogen-bond donors (Lipinski definition) is 2. The van der Waals surface area contributed by atoms with Gasteiger partial charge in [0.05, 0.1) is 6.10 Å². The van der Waals surface area contributed by atoms with E-state index in [4.69, 9.17) is 0 Å². The summed E-state index contributed by atoms with van der Waals surface area (Å²) in [6.07, 6.45) is -0.802. The predicted octanol–water partition coefficient (Wildman–Crippen LogP) is 2.15. The van der Waals surface area contributed by atoms with Crippen LogP contribution in [0.5, 0.6) is 0 Å². The smallest absolute Gasteiger partial charge is 0.268 e. The fourth-order valence-electron chi connectivity index (χ4n) is 2.39. The van der Waals surface area contributed by atoms with Gasteiger partial charge in [-0.05, 0) is 22.6 Å². The van der Waals surface area contributed by atoms with Gasteiger partial charge < -0.3 is 15.0 Å². The Morgan fingerprint density at radius 1 is 1.17 bits per heavy atom. The zero-order chi connectivity index (χ0) is 17.9. The maximum absolute atomic E-state index is 12.2. The second-order valence-electron chi connectivity index (χ2n) is 6.91. The Bertz CT molecular complexity index is 770. The van der Waals surface area contributed by atoms with Crippen molar-refractivity contribution in [2.24, 2.45) is 7.05 Å². The lowest BCUT2D eigenvalue weighted by Gasteiger charge is -2.20. The van der Waals surface area contributed by atoms with E-state index >= 15 is 0 Å². The minimum absolute atomic E-state index is 0.0514. The Morgan fingerprint density at radius 2 is 1.79 bits per heavy atom. The summed E-state index contributed by atoms with van der Waals surface area (Å²) >= 11 is 0. The molecule has 1 atom stereocenters. The van der Waals surface area contributed by atoms with Crippen LogP contribution < -0.4 is 10.9 Å². The van der Waals surface area contributed by atoms with Gasteiger partial charge in [-0.25, -0.2) is 0 Å². The fourth-order valence-corrected chi connectivity index (χ4v) is 2.39. The topological polar surface area (TPSA) is 71.3 Å². The first-order valence-corrected chi connectivity index (χ1v) is 7.93. The molecule has 0 aliphatic carbocycles. The molecule has 5 nitrogen and oxygen atoms in total. The van der Waals surface area contributed by atoms with E-state index in [2.05, 4.69) is 26.1 Å². The van der Waals surface area contributed by atoms with Crippen LogP contribution in [0.4, 0.5) is 0 Å². The summed E-state index contributed by atoms with van der Waals surface area (Å²) < 4.78 is 1.28. The Kier molecular flexibility index (Phi) is 5.24. The standard InChI is InChI=1S/C19H24N2O3/c1-19(2,3)14-10-8-13(9-11-14)16(22)12-20-18(24)15-6-5-7-17(23)21(15)4/h5-11,16,22H,12H2,1-4H3,(H,20,24). The maximum atomic E-state index is 12.2. The second kappa shape index (κ2) is 7.01. The average molecular weight is 328 g/mol. The zero-order valence-electron chi connectivity index (χ0n) is 14.5. The normalized spacial score (nSPS) is 12.7. The second-order valence-corrected chi connectivity index (χ2v) is 6.91. The molecule has 1 amide bonds. The van der Waals surface area contributed by atoms with Crippen molar-refractivity contribution in [3.63, 3.8) is 0 Å². The van der Waals surface area contributed by atoms with E-state index in [1.165, 1.54) is 16.2 Å². The number of nitrogens with zero attached hydrogens (tertiary/aromatic N) is 1. The first kappa shape index (κ1) is 17.9. The molecule has 1 heterocycles. The molecule has 2 N–H and O–H groups in total. The summed E-state index contributed by atoms with van der Waals surface area (Å²) in [6.45, 7) is 6.46. The molecule has 2 rings (SSSR count). The van der Waals surface area contributed by atoms with Gasteiger partial charge in [-0.2, -0.15) is 0 Å². The highest BCUT2D eigenvalue weighted by atomic mass is 16.3. The fraction of sp³-hybridized carbons (Fsp3) is 0.368. The van der Waals surface area contributed by atoms with Crippen molar-refractivity contribution in [1.29, 1.82) is 0 Å². The molecule has 0 fully saturated rings. The summed E-state index contributed by atoms with van der Waals surface area (Å²) in [4.78, 5) is 23.7. The molecule has 0 aliphatic rings. The van der Waals surface area contributed by atoms with Gasteiger partial charge in [0.1, 0.15) is 5.69 Å². The van der Waals surface area contributed by atoms with Crippen LogP contribution in [0.25, 0.3) is 0 Å². The van der Waals surface area contributed by atoms with Crippen LogP contribution in [0.3, 0.4) is 0 Å². The summed E-state index contributed by atoms with van der Waals surface area (Å²) in [5, 5.41) is 12.9. The molecule has 0 spiro atoms. The minimum Gasteiger partial charge on any atom is -0.387 e. The van der Waals surface area contributed by atoms with Crippen molar-refractivity contribution in [3.05, 3.63) is 69.6 Å². The number of aliphatic hydroxyl groups excluding tert-OH is 1. The van der Waals surface area contributed by atoms with Crippen molar-refractivity contribution in [2.75, 3.05) is 6.54 Å². The van der Waals surface area contributed by atoms with Crippen LogP contribution in [-0.2, 0) is 12.5 Å². The first-order chi connectivity index (χ1) is 11.2. The average Bonchev–Trinajstić information content (AvgIpc) is 2.54. The van der Waals surface area contributed by atoms with Crippen LogP contribution in [0.2, 0.25) is 0 Å². The summed E-state index contributed by atoms with van der Waals surface area (Å²) in [7, 11) is 1.54. The van der Waals surface area contributed by atoms with Crippen LogP contribution >= 0.6 is 0 Å². The van der Waals surface area contributed by atoms with Crippen molar-refractivity contribution in [1.82, 2.24) is 9.88 Å². The van der Waals surface area contributed by atoms with Crippen LogP contribution in [-0.4, -0.2) is 22.1 Å². The number of hydrogen-bond acceptors (Lipinski definition) is 3. The molecule has 128 valence electrons. The Labute approximate surface area is 142 Å². The van der Waals surface area contributed by atoms with E-state index in [1.54, 1.807) is 19.2 Å². The number of aliphatic hydroxyl groups is 1. The molecule has 1 aromatic carbocycles. The van der Waals surface area contributed by atoms with E-state index < -0.39 is 6.10 Å². The SMILES string of the molecule is Cn1c(C(=O)NCC(O)c2ccc(C(C)(C)C)cc2)cccc1=O. The van der Waals surface area contributed by atoms with Gasteiger partial charge in [-0.1, -0.05) is 51.1 Å². The van der Waals surface area contributed by atoms with E-state index in [0.29, 0.717) is 0 Å². The molecule has 0 radical (unpaired) electrons. The van der Waals surface area contributed by atoms with Crippen LogP contribution in [0.1, 0.15) is 48.5 Å². The van der Waals surface area contributed by atoms with Gasteiger partial charge in [-0.3, -0.25) is 9.59 Å². The largest absolute Gasteiger partial charge is 0.387 e. The highest BCUT2D eigenvalue weighted by molar-refractivity contribution is 5.92. The lowest BCUT2D eigenvalue weighted by atomic mass is 9.86. The number of amides is 1. The van der Waals surface area contributed by atoms with Crippen LogP contribution in [0, 0.1) is 0 Å². The molecule has 2 aromatic rings. The molecule has 24 heavy (non-hydrogen) atoms. The molecule has 0 bridgehead atoms. The van der Waals surface area contributed by atoms with Gasteiger partial charge in [0.15, 0.2) is 0 Å². The molecule has 1 aromatic heterocycles. The van der Waals surface area contributed by atoms with Crippen molar-refractivity contribution in [3.8, 4) is 0 Å². The molecular formula is C19H24N2O3. The molecule has 5 heteroatoms. The molecule has 1 unspecified atom stereocenters. The molecule has 0 aliphatic heterocycles. The summed E-state index contributed by atoms with van der Waals surface area (Å²) in [5.41, 5.74) is 1.99. The Balaban J connectivity index is 2.02. The lowest BCUT2D eigenvalue weighted by molar-refractivity contribution is 0.0907. The van der Waals surface area contributed by atoms with E-state index in [1.807, 2.05) is 24.3 Å². The highest BCUT2D eigenvalue weighted by Crippen LogP contribution is 2.23. The molecular weight excluding hydrogens is 304 g/mol. The van der Waals surface area contributed by atoms with E-state index in [0.717, 1.165) is 5.56 Å². The first-order valence-electron chi connectivity index (χ1n) is 7.93. The third-order valence-electron chi connectivity index (χ3n) is 4.03. The predicted molar refractivity (Wildman–Crippen MR) is 94.1 cm³/mol. The number of pyridine rings is 1. The quantitative estimate of drug-likeness (QED) is 0.903. The zero-order valence-corrected chi connectivity index (χ0v) is 14.5. The van der Waals surface area contributed by atoms with Crippen molar-refractivity contribution >= 4 is 5.91 Å². The van der Waals surface area contributed by atoms with Crippen LogP contribution in [0.15, 0.2) is 47.3 Å². The molecule has 0 saturated heterocycles. The van der Waals surface area contributed by atoms with Gasteiger partial charge in [-0.15, -0.1) is 0 Å². The van der Waals surface area contributed by atoms with Crippen molar-refractivity contribution in [2.45, 2.75) is 32.3 Å². The monoisotopic (exact) mass is 328 g/mol. The van der Waals surface area contributed by atoms with E-state index in [9.17, 15) is 14.7 Å². The van der Waals surface area contributed by atoms with Gasteiger partial charge in [0.2, 0.25) is 0 Å². The number of aromatic nitrogens is 1. The van der Waals surface area contributed by atoms with Gasteiger partial charge in [0, 0.05) is 19.7 Å². The third-order valence-corrected chi connectivity index (χ3v) is 4.03. The lowest BCUT2D eigenvalue weighted by Crippen LogP contribution is -2.33. The Hall–Kier alpha value is -2.40. The number of nitrogens with one attached hydrogen (secondary N) is 1. The van der Waals surface area contributed by atoms with Crippen molar-refractivity contribution < 1.29 is 9.90 Å². The Morgan fingerprint density at radius 3 is 2.38 bits per heavy atom. The van der Waals surface area contributed by atoms with Gasteiger partial charge >= 0.3 is 0 Å². The number of carbonyl (C=O) groups excluding carboxylic acids is 1. The maximum Gasteiger partial charge on any atom is 0.268 e. The highest BCUT2D eigenvalue weighted by Gasteiger charge is 2.16. The minimum atomic E-state index is -0.802. The number of carbonyl (C=O) groups is 1. The number of rotatable bonds is 4. The molecule has 0 saturated carbocycles. The summed E-state index contributed by atoms with van der Waals surface area (Å²) in [5.74, 6) is -0.388. The number of benzene rings is 1. The van der Waals surface area contributed by atoms with Gasteiger partial charge in [0.25, 0.3) is 11.5 Å². The summed E-state index contributed by atoms with van der Waals surface area (Å²) in [6, 6.07) is 12.2. The third kappa shape index (κ3) is 4.11. The van der Waals surface area contributed by atoms with E-state index in [-0.39, 0.29) is 29.1 Å².